The van der Waals surface area contributed by atoms with Gasteiger partial charge >= 0.3 is 5.97 Å². The van der Waals surface area contributed by atoms with E-state index >= 15 is 0 Å². The van der Waals surface area contributed by atoms with Gasteiger partial charge in [-0.3, -0.25) is 0 Å². The van der Waals surface area contributed by atoms with Gasteiger partial charge in [0.05, 0.1) is 6.61 Å². The third-order valence-corrected chi connectivity index (χ3v) is 0.690. The standard InChI is InChI=1S/C4H8ClNO2/c1-2-8-4(7)3(5)6/h3H,2,6H2,1H3. The number of hydrogen-bond acceptors (Lipinski definition) is 3. The number of halogens is 1. The number of carbonyl (C=O) groups excluding carboxylic acids is 1. The predicted molar refractivity (Wildman–Crippen MR) is 30.5 cm³/mol. The molecule has 0 aliphatic rings. The lowest BCUT2D eigenvalue weighted by Gasteiger charge is -2.00. The van der Waals surface area contributed by atoms with Crippen molar-refractivity contribution in [1.82, 2.24) is 0 Å². The lowest BCUT2D eigenvalue weighted by atomic mass is 10.7. The number of rotatable bonds is 2. The van der Waals surface area contributed by atoms with Gasteiger partial charge in [-0.15, -0.1) is 0 Å². The van der Waals surface area contributed by atoms with Crippen LogP contribution in [0.5, 0.6) is 0 Å². The highest BCUT2D eigenvalue weighted by Gasteiger charge is 2.08. The molecule has 0 radical (unpaired) electrons. The van der Waals surface area contributed by atoms with Crippen LogP contribution in [0.2, 0.25) is 0 Å². The summed E-state index contributed by atoms with van der Waals surface area (Å²) in [4.78, 5) is 10.3. The molecular formula is C4H8ClNO2. The van der Waals surface area contributed by atoms with E-state index in [9.17, 15) is 4.79 Å². The Labute approximate surface area is 52.8 Å². The van der Waals surface area contributed by atoms with Crippen molar-refractivity contribution in [2.24, 2.45) is 5.73 Å². The van der Waals surface area contributed by atoms with Crippen molar-refractivity contribution in [3.63, 3.8) is 0 Å². The number of esters is 1. The van der Waals surface area contributed by atoms with E-state index in [0.29, 0.717) is 6.61 Å². The molecule has 0 spiro atoms. The minimum absolute atomic E-state index is 0.319. The van der Waals surface area contributed by atoms with Crippen LogP contribution in [-0.4, -0.2) is 18.1 Å². The summed E-state index contributed by atoms with van der Waals surface area (Å²) in [5.74, 6) is -0.575. The van der Waals surface area contributed by atoms with Crippen LogP contribution in [0.1, 0.15) is 6.92 Å². The molecule has 1 atom stereocenters. The van der Waals surface area contributed by atoms with Gasteiger partial charge in [-0.25, -0.2) is 4.79 Å². The molecule has 0 saturated heterocycles. The van der Waals surface area contributed by atoms with Crippen LogP contribution in [0.15, 0.2) is 0 Å². The Balaban J connectivity index is 3.33. The maximum atomic E-state index is 10.3. The van der Waals surface area contributed by atoms with Crippen LogP contribution >= 0.6 is 11.6 Å². The molecule has 4 heteroatoms. The van der Waals surface area contributed by atoms with Crippen LogP contribution in [0.3, 0.4) is 0 Å². The van der Waals surface area contributed by atoms with Gasteiger partial charge in [-0.2, -0.15) is 0 Å². The van der Waals surface area contributed by atoms with Crippen LogP contribution in [0, 0.1) is 0 Å². The normalized spacial score (nSPS) is 12.9. The second kappa shape index (κ2) is 3.69. The van der Waals surface area contributed by atoms with Crippen LogP contribution in [0.4, 0.5) is 0 Å². The Morgan fingerprint density at radius 1 is 2.00 bits per heavy atom. The lowest BCUT2D eigenvalue weighted by Crippen LogP contribution is -2.26. The van der Waals surface area contributed by atoms with Gasteiger partial charge in [-0.05, 0) is 6.92 Å². The number of ether oxygens (including phenoxy) is 1. The van der Waals surface area contributed by atoms with Gasteiger partial charge in [0.1, 0.15) is 0 Å². The average molecular weight is 138 g/mol. The van der Waals surface area contributed by atoms with Gasteiger partial charge in [0.15, 0.2) is 5.50 Å². The number of nitrogens with two attached hydrogens (primary N) is 1. The van der Waals surface area contributed by atoms with Crippen molar-refractivity contribution in [1.29, 1.82) is 0 Å². The molecule has 0 amide bonds. The molecule has 0 bridgehead atoms. The second-order valence-electron chi connectivity index (χ2n) is 1.15. The van der Waals surface area contributed by atoms with E-state index < -0.39 is 11.5 Å². The largest absolute Gasteiger partial charge is 0.464 e. The summed E-state index contributed by atoms with van der Waals surface area (Å²) < 4.78 is 4.41. The van der Waals surface area contributed by atoms with Crippen molar-refractivity contribution in [3.05, 3.63) is 0 Å². The van der Waals surface area contributed by atoms with Crippen LogP contribution in [0.25, 0.3) is 0 Å². The van der Waals surface area contributed by atoms with E-state index in [2.05, 4.69) is 4.74 Å². The highest BCUT2D eigenvalue weighted by molar-refractivity contribution is 6.29. The first kappa shape index (κ1) is 7.72. The molecule has 0 aromatic rings. The maximum absolute atomic E-state index is 10.3. The van der Waals surface area contributed by atoms with Gasteiger partial charge in [0.2, 0.25) is 0 Å². The average Bonchev–Trinajstić information content (AvgIpc) is 1.67. The molecule has 0 aromatic carbocycles. The summed E-state index contributed by atoms with van der Waals surface area (Å²) in [6.07, 6.45) is 0. The minimum atomic E-state index is -1.02. The first-order valence-electron chi connectivity index (χ1n) is 2.24. The molecule has 8 heavy (non-hydrogen) atoms. The van der Waals surface area contributed by atoms with E-state index in [4.69, 9.17) is 17.3 Å². The minimum Gasteiger partial charge on any atom is -0.464 e. The van der Waals surface area contributed by atoms with Crippen molar-refractivity contribution in [3.8, 4) is 0 Å². The van der Waals surface area contributed by atoms with Crippen molar-refractivity contribution in [2.75, 3.05) is 6.61 Å². The van der Waals surface area contributed by atoms with E-state index in [1.807, 2.05) is 0 Å². The highest BCUT2D eigenvalue weighted by atomic mass is 35.5. The fourth-order valence-electron chi connectivity index (χ4n) is 0.222. The molecule has 0 fully saturated rings. The maximum Gasteiger partial charge on any atom is 0.338 e. The van der Waals surface area contributed by atoms with Gasteiger partial charge < -0.3 is 10.5 Å². The summed E-state index contributed by atoms with van der Waals surface area (Å²) >= 11 is 5.11. The SMILES string of the molecule is CCOC(=O)C(N)Cl. The first-order chi connectivity index (χ1) is 3.68. The van der Waals surface area contributed by atoms with Gasteiger partial charge in [0.25, 0.3) is 0 Å². The Morgan fingerprint density at radius 2 is 2.50 bits per heavy atom. The number of carbonyl (C=O) groups is 1. The second-order valence-corrected chi connectivity index (χ2v) is 1.62. The summed E-state index contributed by atoms with van der Waals surface area (Å²) in [5.41, 5.74) is 3.89. The summed E-state index contributed by atoms with van der Waals surface area (Å²) in [5, 5.41) is 0. The van der Waals surface area contributed by atoms with E-state index in [1.54, 1.807) is 6.92 Å². The molecule has 0 rings (SSSR count). The molecule has 0 aromatic heterocycles. The monoisotopic (exact) mass is 137 g/mol. The Hall–Kier alpha value is -0.280. The van der Waals surface area contributed by atoms with Gasteiger partial charge in [-0.1, -0.05) is 11.6 Å². The third kappa shape index (κ3) is 2.82. The molecule has 0 aliphatic carbocycles. The number of alkyl halides is 1. The fraction of sp³-hybridized carbons (Fsp3) is 0.750. The first-order valence-corrected chi connectivity index (χ1v) is 2.68. The topological polar surface area (TPSA) is 52.3 Å². The Kier molecular flexibility index (Phi) is 3.56. The van der Waals surface area contributed by atoms with Crippen LogP contribution < -0.4 is 5.73 Å². The molecule has 0 saturated carbocycles. The van der Waals surface area contributed by atoms with Crippen molar-refractivity contribution >= 4 is 17.6 Å². The fourth-order valence-corrected chi connectivity index (χ4v) is 0.285. The summed E-state index contributed by atoms with van der Waals surface area (Å²) in [7, 11) is 0. The zero-order valence-electron chi connectivity index (χ0n) is 4.56. The third-order valence-electron chi connectivity index (χ3n) is 0.512. The van der Waals surface area contributed by atoms with Gasteiger partial charge in [0, 0.05) is 0 Å². The highest BCUT2D eigenvalue weighted by Crippen LogP contribution is 1.88. The van der Waals surface area contributed by atoms with E-state index in [1.165, 1.54) is 0 Å². The molecule has 0 heterocycles. The zero-order chi connectivity index (χ0) is 6.57. The smallest absolute Gasteiger partial charge is 0.338 e. The predicted octanol–water partition coefficient (Wildman–Crippen LogP) is 0.0731. The van der Waals surface area contributed by atoms with E-state index in [-0.39, 0.29) is 0 Å². The quantitative estimate of drug-likeness (QED) is 0.333. The molecule has 2 N–H and O–H groups in total. The summed E-state index contributed by atoms with van der Waals surface area (Å²) in [6.45, 7) is 2.01. The summed E-state index contributed by atoms with van der Waals surface area (Å²) in [6, 6.07) is 0. The van der Waals surface area contributed by atoms with Crippen LogP contribution in [-0.2, 0) is 9.53 Å². The Bertz CT molecular complexity index is 84.1. The lowest BCUT2D eigenvalue weighted by molar-refractivity contribution is -0.142. The molecule has 48 valence electrons. The molecule has 0 aliphatic heterocycles. The number of hydrogen-bond donors (Lipinski definition) is 1. The van der Waals surface area contributed by atoms with E-state index in [0.717, 1.165) is 0 Å². The Morgan fingerprint density at radius 3 is 2.62 bits per heavy atom. The zero-order valence-corrected chi connectivity index (χ0v) is 5.31. The molecule has 1 unspecified atom stereocenters. The molecular weight excluding hydrogens is 130 g/mol. The van der Waals surface area contributed by atoms with Crippen molar-refractivity contribution in [2.45, 2.75) is 12.4 Å². The molecule has 3 nitrogen and oxygen atoms in total. The van der Waals surface area contributed by atoms with Crippen molar-refractivity contribution < 1.29 is 9.53 Å².